The van der Waals surface area contributed by atoms with Crippen LogP contribution in [0.4, 0.5) is 0 Å². The van der Waals surface area contributed by atoms with Crippen LogP contribution in [0.2, 0.25) is 0 Å². The lowest BCUT2D eigenvalue weighted by Crippen LogP contribution is -2.63. The molecule has 3 aromatic rings. The van der Waals surface area contributed by atoms with Gasteiger partial charge in [0.15, 0.2) is 0 Å². The van der Waals surface area contributed by atoms with Gasteiger partial charge in [0.1, 0.15) is 79.0 Å². The normalized spacial score (nSPS) is 20.1. The van der Waals surface area contributed by atoms with Crippen LogP contribution < -0.4 is 91.6 Å². The Balaban J connectivity index is 1.49. The van der Waals surface area contributed by atoms with Crippen LogP contribution in [0.15, 0.2) is 60.8 Å². The fraction of sp³-hybridized carbons (Fsp3) is 0.598. The van der Waals surface area contributed by atoms with Crippen LogP contribution in [0.3, 0.4) is 0 Å². The van der Waals surface area contributed by atoms with Gasteiger partial charge in [0.2, 0.25) is 88.6 Å². The number of rotatable bonds is 46. The van der Waals surface area contributed by atoms with Crippen molar-refractivity contribution in [1.82, 2.24) is 99.0 Å². The number of nitrogens with two attached hydrogens (primary N) is 3. The highest BCUT2D eigenvalue weighted by Gasteiger charge is 2.40. The van der Waals surface area contributed by atoms with Crippen LogP contribution in [-0.4, -0.2) is 380 Å². The van der Waals surface area contributed by atoms with Crippen molar-refractivity contribution < 1.29 is 127 Å². The SMILES string of the molecule is CCCC[C@H](NC(=O)CNC(=O)[C@H](C)NC(=O)CN1CCN(CC(=O)O)CCN(CC(=O)O)CCN(CC(=O)O)CC1)C(=O)N[C@@H](CCCCN)C(=O)N[C@@H](CC(N)=O)C(=O)N[C@H]1CSSC[C@@H](C(=O)N[C@H](C(=O)N[C@@H](CO)C(=O)NCC(=O)O)[C@@H](C)O)NC(=O)[C@H]([C@@H](C)O)NC(=O)[C@H](CCCCN)NC(=O)[C@@H](Cc2c[nH]c3ccccc23)NC(=O)[C@H](Cc2ccccc2)NC1=O. The number of aliphatic hydroxyl groups is 3. The standard InChI is InChI=1S/C82H126N22O26S2/c1-5-6-19-53(90-63(109)37-87-71(119)46(2)89-64(110)39-101-25-27-102(40-66(113)114)29-31-104(42-68(117)118)32-30-103(28-26-101)41-67(115)116)73(121)91-54(21-12-14-23-83)74(122)95-58(35-62(85)108)78(126)97-60-44-131-132-45-61(80(128)100-69(47(3)106)81(129)96-59(43-105)72(120)88-38-65(111)112)98-82(130)70(48(4)107)99-75(123)55(22-13-15-24-84)92-77(125)57(34-50-36-86-52-20-11-10-18-51(50)52)94-76(124)56(93-79(60)127)33-49-16-8-7-9-17-49/h7-11,16-18,20,36,46-48,53-61,69-70,86,105-107H,5-6,12-15,19,21-35,37-45,83-84H2,1-4H3,(H2,85,108)(H,87,119)(H,88,120)(H,89,110)(H,90,109)(H,91,121)(H,92,125)(H,93,127)(H,94,124)(H,95,122)(H,96,129)(H,97,126)(H,98,130)(H,99,123)(H,100,128)(H,111,112)(H,113,114)(H,115,116)(H,117,118)/t46-,47+,48+,53-,54-,55-,56-,57+,58-,59-,60-,61-,69-,70-/m0/s1. The number of amides is 15. The molecule has 732 valence electrons. The van der Waals surface area contributed by atoms with Crippen LogP contribution in [0.1, 0.15) is 103 Å². The number of aliphatic carboxylic acids is 4. The highest BCUT2D eigenvalue weighted by atomic mass is 33.1. The number of nitrogens with zero attached hydrogens (tertiary/aromatic N) is 4. The van der Waals surface area contributed by atoms with E-state index in [-0.39, 0.29) is 130 Å². The quantitative estimate of drug-likeness (QED) is 0.0184. The third kappa shape index (κ3) is 40.1. The summed E-state index contributed by atoms with van der Waals surface area (Å²) in [5, 5.41) is 105. The first kappa shape index (κ1) is 111. The molecule has 1 aromatic heterocycles. The zero-order valence-electron chi connectivity index (χ0n) is 74.0. The van der Waals surface area contributed by atoms with E-state index < -0.39 is 248 Å². The van der Waals surface area contributed by atoms with E-state index >= 15 is 19.2 Å². The van der Waals surface area contributed by atoms with E-state index in [1.807, 2.05) is 5.32 Å². The van der Waals surface area contributed by atoms with Gasteiger partial charge >= 0.3 is 23.9 Å². The number of aromatic amines is 1. The van der Waals surface area contributed by atoms with Crippen molar-refractivity contribution in [3.8, 4) is 0 Å². The van der Waals surface area contributed by atoms with Gasteiger partial charge in [-0.2, -0.15) is 0 Å². The van der Waals surface area contributed by atoms with E-state index in [4.69, 9.17) is 22.3 Å². The molecule has 0 bridgehead atoms. The Labute approximate surface area is 768 Å². The number of unbranched alkanes of at least 4 members (excludes halogenated alkanes) is 3. The summed E-state index contributed by atoms with van der Waals surface area (Å²) >= 11 is 0. The molecule has 2 aromatic carbocycles. The number of para-hydroxylation sites is 1. The first-order valence-corrected chi connectivity index (χ1v) is 45.7. The minimum Gasteiger partial charge on any atom is -0.480 e. The highest BCUT2D eigenvalue weighted by molar-refractivity contribution is 8.76. The molecule has 0 spiro atoms. The molecule has 28 N–H and O–H groups in total. The van der Waals surface area contributed by atoms with Crippen LogP contribution in [-0.2, 0) is 104 Å². The lowest BCUT2D eigenvalue weighted by atomic mass is 10.0. The molecule has 2 aliphatic heterocycles. The Morgan fingerprint density at radius 3 is 1.55 bits per heavy atom. The smallest absolute Gasteiger partial charge is 0.322 e. The van der Waals surface area contributed by atoms with Gasteiger partial charge in [-0.3, -0.25) is 111 Å². The first-order chi connectivity index (χ1) is 62.7. The molecule has 3 heterocycles. The third-order valence-electron chi connectivity index (χ3n) is 21.1. The number of H-pyrrole nitrogens is 1. The Bertz CT molecular complexity index is 4370. The lowest BCUT2D eigenvalue weighted by Gasteiger charge is -2.33. The Morgan fingerprint density at radius 1 is 0.492 bits per heavy atom. The van der Waals surface area contributed by atoms with E-state index in [9.17, 15) is 103 Å². The molecule has 15 amide bonds. The summed E-state index contributed by atoms with van der Waals surface area (Å²) in [7, 11) is 1.38. The van der Waals surface area contributed by atoms with Gasteiger partial charge in [-0.25, -0.2) is 0 Å². The summed E-state index contributed by atoms with van der Waals surface area (Å²) < 4.78 is 0. The summed E-state index contributed by atoms with van der Waals surface area (Å²) in [5.74, 6) is -22.5. The molecule has 0 radical (unpaired) electrons. The fourth-order valence-electron chi connectivity index (χ4n) is 13.9. The second-order valence-electron chi connectivity index (χ2n) is 31.9. The maximum atomic E-state index is 15.4. The number of aromatic nitrogens is 1. The second-order valence-corrected chi connectivity index (χ2v) is 34.4. The largest absolute Gasteiger partial charge is 0.480 e. The number of carboxylic acids is 4. The Morgan fingerprint density at radius 2 is 1.00 bits per heavy atom. The molecular weight excluding hydrogens is 1770 g/mol. The maximum Gasteiger partial charge on any atom is 0.322 e. The van der Waals surface area contributed by atoms with Crippen molar-refractivity contribution in [3.05, 3.63) is 71.9 Å². The number of aliphatic hydroxyl groups excluding tert-OH is 3. The summed E-state index contributed by atoms with van der Waals surface area (Å²) in [6.45, 7) is 1.87. The predicted octanol–water partition coefficient (Wildman–Crippen LogP) is -8.94. The van der Waals surface area contributed by atoms with Crippen molar-refractivity contribution in [2.45, 2.75) is 189 Å². The van der Waals surface area contributed by atoms with E-state index in [2.05, 4.69) is 74.1 Å². The van der Waals surface area contributed by atoms with E-state index in [1.54, 1.807) is 87.3 Å². The summed E-state index contributed by atoms with van der Waals surface area (Å²) in [5.41, 5.74) is 19.0. The van der Waals surface area contributed by atoms with Gasteiger partial charge in [-0.1, -0.05) is 89.9 Å². The molecular formula is C82H126N22O26S2. The zero-order chi connectivity index (χ0) is 97.7. The topological polar surface area (TPSA) is 741 Å². The third-order valence-corrected chi connectivity index (χ3v) is 23.5. The number of hydrogen-bond donors (Lipinski definition) is 25. The van der Waals surface area contributed by atoms with Crippen molar-refractivity contribution in [2.75, 3.05) is 123 Å². The van der Waals surface area contributed by atoms with Gasteiger partial charge in [0, 0.05) is 93.8 Å². The van der Waals surface area contributed by atoms with Crippen LogP contribution >= 0.6 is 21.6 Å². The lowest BCUT2D eigenvalue weighted by molar-refractivity contribution is -0.140. The Kier molecular flexibility index (Phi) is 48.8. The summed E-state index contributed by atoms with van der Waals surface area (Å²) in [6.07, 6.45) is -2.41. The van der Waals surface area contributed by atoms with Crippen LogP contribution in [0.25, 0.3) is 10.9 Å². The van der Waals surface area contributed by atoms with Gasteiger partial charge in [-0.15, -0.1) is 0 Å². The molecule has 0 aliphatic carbocycles. The molecule has 0 unspecified atom stereocenters. The van der Waals surface area contributed by atoms with E-state index in [0.717, 1.165) is 13.8 Å². The minimum absolute atomic E-state index is 0.0481. The van der Waals surface area contributed by atoms with E-state index in [1.165, 1.54) is 6.92 Å². The molecule has 14 atom stereocenters. The number of carbonyl (C=O) groups is 19. The summed E-state index contributed by atoms with van der Waals surface area (Å²) in [6, 6.07) is -5.74. The van der Waals surface area contributed by atoms with Crippen molar-refractivity contribution >= 4 is 145 Å². The average Bonchev–Trinajstić information content (AvgIpc) is 1.68. The predicted molar refractivity (Wildman–Crippen MR) is 478 cm³/mol. The number of hydrogen-bond acceptors (Lipinski definition) is 30. The van der Waals surface area contributed by atoms with Gasteiger partial charge in [0.05, 0.1) is 58.0 Å². The fourth-order valence-corrected chi connectivity index (χ4v) is 16.2. The molecule has 2 fully saturated rings. The molecule has 2 aliphatic rings. The number of carboxylic acid groups (broad SMARTS) is 4. The number of carbonyl (C=O) groups excluding carboxylic acids is 15. The second kappa shape index (κ2) is 58.2. The van der Waals surface area contributed by atoms with Gasteiger partial charge in [-0.05, 0) is 96.0 Å². The van der Waals surface area contributed by atoms with Gasteiger partial charge in [0.25, 0.3) is 0 Å². The molecule has 2 saturated heterocycles. The average molecular weight is 1900 g/mol. The van der Waals surface area contributed by atoms with Gasteiger partial charge < -0.3 is 132 Å². The van der Waals surface area contributed by atoms with Crippen LogP contribution in [0.5, 0.6) is 0 Å². The minimum atomic E-state index is -2.04. The molecule has 5 rings (SSSR count). The van der Waals surface area contributed by atoms with Crippen LogP contribution in [0, 0.1) is 0 Å². The monoisotopic (exact) mass is 1900 g/mol. The number of benzene rings is 2. The van der Waals surface area contributed by atoms with E-state index in [0.29, 0.717) is 62.9 Å². The molecule has 132 heavy (non-hydrogen) atoms. The number of fused-ring (bicyclic) bond motifs is 1. The Hall–Kier alpha value is -11.8. The zero-order valence-corrected chi connectivity index (χ0v) is 75.6. The van der Waals surface area contributed by atoms with Crippen molar-refractivity contribution in [2.24, 2.45) is 17.2 Å². The maximum absolute atomic E-state index is 15.4. The van der Waals surface area contributed by atoms with Crippen molar-refractivity contribution in [1.29, 1.82) is 0 Å². The molecule has 50 heteroatoms. The number of primary amides is 1. The molecule has 48 nitrogen and oxygen atoms in total. The highest BCUT2D eigenvalue weighted by Crippen LogP contribution is 2.25. The van der Waals surface area contributed by atoms with Crippen molar-refractivity contribution in [3.63, 3.8) is 0 Å². The first-order valence-electron chi connectivity index (χ1n) is 43.2. The molecule has 0 saturated carbocycles. The summed E-state index contributed by atoms with van der Waals surface area (Å²) in [4.78, 5) is 271. The number of nitrogens with one attached hydrogen (secondary N) is 15.